The van der Waals surface area contributed by atoms with Gasteiger partial charge in [-0.3, -0.25) is 4.79 Å². The van der Waals surface area contributed by atoms with Crippen molar-refractivity contribution in [3.8, 4) is 17.1 Å². The lowest BCUT2D eigenvalue weighted by Crippen LogP contribution is -2.16. The first-order valence-electron chi connectivity index (χ1n) is 9.91. The van der Waals surface area contributed by atoms with Crippen molar-refractivity contribution < 1.29 is 18.7 Å². The number of amides is 1. The second kappa shape index (κ2) is 9.39. The molecule has 0 bridgehead atoms. The van der Waals surface area contributed by atoms with E-state index < -0.39 is 0 Å². The Morgan fingerprint density at radius 2 is 2.07 bits per heavy atom. The highest BCUT2D eigenvalue weighted by atomic mass is 16.5. The molecule has 1 aromatic heterocycles. The minimum Gasteiger partial charge on any atom is -0.491 e. The number of nitrogens with zero attached hydrogens (tertiary/aromatic N) is 1. The van der Waals surface area contributed by atoms with E-state index in [2.05, 4.69) is 10.3 Å². The maximum absolute atomic E-state index is 12.3. The van der Waals surface area contributed by atoms with Gasteiger partial charge in [-0.25, -0.2) is 4.98 Å². The normalized spacial score (nSPS) is 15.9. The van der Waals surface area contributed by atoms with E-state index in [0.717, 1.165) is 30.8 Å². The number of hydrogen-bond donors (Lipinski definition) is 1. The van der Waals surface area contributed by atoms with Gasteiger partial charge in [-0.2, -0.15) is 0 Å². The number of carbonyl (C=O) groups excluding carboxylic acids is 1. The van der Waals surface area contributed by atoms with E-state index in [9.17, 15) is 4.79 Å². The number of aromatic nitrogens is 1. The van der Waals surface area contributed by atoms with Crippen LogP contribution in [-0.4, -0.2) is 30.2 Å². The van der Waals surface area contributed by atoms with E-state index in [1.807, 2.05) is 54.6 Å². The molecule has 4 rings (SSSR count). The molecule has 1 N–H and O–H groups in total. The summed E-state index contributed by atoms with van der Waals surface area (Å²) < 4.78 is 17.1. The van der Waals surface area contributed by atoms with Crippen molar-refractivity contribution >= 4 is 11.6 Å². The van der Waals surface area contributed by atoms with Gasteiger partial charge >= 0.3 is 0 Å². The molecule has 0 saturated carbocycles. The summed E-state index contributed by atoms with van der Waals surface area (Å²) in [7, 11) is 0. The van der Waals surface area contributed by atoms with Crippen LogP contribution in [0.3, 0.4) is 0 Å². The number of hydrogen-bond acceptors (Lipinski definition) is 5. The van der Waals surface area contributed by atoms with E-state index in [1.54, 1.807) is 6.20 Å². The van der Waals surface area contributed by atoms with Crippen LogP contribution in [0.5, 0.6) is 5.75 Å². The first-order valence-corrected chi connectivity index (χ1v) is 9.91. The number of anilines is 1. The lowest BCUT2D eigenvalue weighted by atomic mass is 10.2. The summed E-state index contributed by atoms with van der Waals surface area (Å²) in [6.45, 7) is 1.34. The Morgan fingerprint density at radius 1 is 1.17 bits per heavy atom. The standard InChI is InChI=1S/C23H24N2O4/c26-22(11-12-23-24-15-21(29-23)17-6-2-1-3-7-17)25-18-8-4-9-19(14-18)28-16-20-10-5-13-27-20/h1-4,6-9,14-15,20H,5,10-13,16H2,(H,25,26). The highest BCUT2D eigenvalue weighted by Gasteiger charge is 2.16. The van der Waals surface area contributed by atoms with Crippen LogP contribution in [0.2, 0.25) is 0 Å². The number of oxazole rings is 1. The lowest BCUT2D eigenvalue weighted by Gasteiger charge is -2.12. The van der Waals surface area contributed by atoms with E-state index >= 15 is 0 Å². The molecule has 150 valence electrons. The average Bonchev–Trinajstić information content (AvgIpc) is 3.44. The molecule has 29 heavy (non-hydrogen) atoms. The molecule has 1 aliphatic heterocycles. The molecule has 3 aromatic rings. The molecule has 0 spiro atoms. The Hall–Kier alpha value is -3.12. The molecule has 6 nitrogen and oxygen atoms in total. The van der Waals surface area contributed by atoms with Crippen LogP contribution in [0.15, 0.2) is 65.2 Å². The first-order chi connectivity index (χ1) is 14.3. The van der Waals surface area contributed by atoms with Crippen molar-refractivity contribution in [3.05, 3.63) is 66.7 Å². The summed E-state index contributed by atoms with van der Waals surface area (Å²) >= 11 is 0. The number of rotatable bonds is 8. The van der Waals surface area contributed by atoms with Gasteiger partial charge in [0, 0.05) is 36.8 Å². The third kappa shape index (κ3) is 5.45. The van der Waals surface area contributed by atoms with Gasteiger partial charge < -0.3 is 19.2 Å². The van der Waals surface area contributed by atoms with E-state index in [1.165, 1.54) is 0 Å². The second-order valence-electron chi connectivity index (χ2n) is 7.01. The molecule has 1 saturated heterocycles. The molecule has 1 atom stereocenters. The molecule has 6 heteroatoms. The molecular weight excluding hydrogens is 368 g/mol. The molecule has 1 aliphatic rings. The van der Waals surface area contributed by atoms with Crippen LogP contribution in [-0.2, 0) is 16.0 Å². The quantitative estimate of drug-likeness (QED) is 0.612. The summed E-state index contributed by atoms with van der Waals surface area (Å²) in [5.41, 5.74) is 1.67. The maximum atomic E-state index is 12.3. The van der Waals surface area contributed by atoms with Crippen LogP contribution >= 0.6 is 0 Å². The SMILES string of the molecule is O=C(CCc1ncc(-c2ccccc2)o1)Nc1cccc(OCC2CCCO2)c1. The van der Waals surface area contributed by atoms with Crippen LogP contribution in [0, 0.1) is 0 Å². The minimum atomic E-state index is -0.0965. The van der Waals surface area contributed by atoms with Gasteiger partial charge in [-0.15, -0.1) is 0 Å². The van der Waals surface area contributed by atoms with E-state index in [4.69, 9.17) is 13.9 Å². The van der Waals surface area contributed by atoms with Crippen molar-refractivity contribution in [1.82, 2.24) is 4.98 Å². The van der Waals surface area contributed by atoms with Gasteiger partial charge in [0.15, 0.2) is 11.7 Å². The number of aryl methyl sites for hydroxylation is 1. The highest BCUT2D eigenvalue weighted by Crippen LogP contribution is 2.22. The highest BCUT2D eigenvalue weighted by molar-refractivity contribution is 5.90. The summed E-state index contributed by atoms with van der Waals surface area (Å²) in [6, 6.07) is 17.2. The second-order valence-corrected chi connectivity index (χ2v) is 7.01. The molecule has 0 radical (unpaired) electrons. The number of nitrogens with one attached hydrogen (secondary N) is 1. The van der Waals surface area contributed by atoms with Gasteiger partial charge in [-0.1, -0.05) is 36.4 Å². The molecule has 1 unspecified atom stereocenters. The summed E-state index contributed by atoms with van der Waals surface area (Å²) in [5.74, 6) is 1.88. The topological polar surface area (TPSA) is 73.6 Å². The zero-order chi connectivity index (χ0) is 19.9. The predicted octanol–water partition coefficient (Wildman–Crippen LogP) is 4.47. The Bertz CT molecular complexity index is 933. The fraction of sp³-hybridized carbons (Fsp3) is 0.304. The number of benzene rings is 2. The Balaban J connectivity index is 1.26. The average molecular weight is 392 g/mol. The predicted molar refractivity (Wildman–Crippen MR) is 110 cm³/mol. The third-order valence-corrected chi connectivity index (χ3v) is 4.76. The third-order valence-electron chi connectivity index (χ3n) is 4.76. The van der Waals surface area contributed by atoms with Crippen molar-refractivity contribution in [2.24, 2.45) is 0 Å². The Morgan fingerprint density at radius 3 is 2.90 bits per heavy atom. The van der Waals surface area contributed by atoms with E-state index in [-0.39, 0.29) is 18.4 Å². The lowest BCUT2D eigenvalue weighted by molar-refractivity contribution is -0.116. The van der Waals surface area contributed by atoms with Gasteiger partial charge in [0.1, 0.15) is 12.4 Å². The van der Waals surface area contributed by atoms with E-state index in [0.29, 0.717) is 30.4 Å². The maximum Gasteiger partial charge on any atom is 0.224 e. The van der Waals surface area contributed by atoms with Crippen molar-refractivity contribution in [2.45, 2.75) is 31.8 Å². The molecule has 2 heterocycles. The Kier molecular flexibility index (Phi) is 6.22. The number of ether oxygens (including phenoxy) is 2. The van der Waals surface area contributed by atoms with Gasteiger partial charge in [0.25, 0.3) is 0 Å². The van der Waals surface area contributed by atoms with Gasteiger partial charge in [0.2, 0.25) is 5.91 Å². The smallest absolute Gasteiger partial charge is 0.224 e. The zero-order valence-electron chi connectivity index (χ0n) is 16.2. The van der Waals surface area contributed by atoms with Crippen LogP contribution in [0.1, 0.15) is 25.2 Å². The largest absolute Gasteiger partial charge is 0.491 e. The monoisotopic (exact) mass is 392 g/mol. The molecule has 1 amide bonds. The fourth-order valence-corrected chi connectivity index (χ4v) is 3.23. The Labute approximate surface area is 169 Å². The minimum absolute atomic E-state index is 0.0965. The van der Waals surface area contributed by atoms with Crippen molar-refractivity contribution in [1.29, 1.82) is 0 Å². The zero-order valence-corrected chi connectivity index (χ0v) is 16.2. The number of carbonyl (C=O) groups is 1. The van der Waals surface area contributed by atoms with Crippen molar-refractivity contribution in [2.75, 3.05) is 18.5 Å². The molecule has 2 aromatic carbocycles. The fourth-order valence-electron chi connectivity index (χ4n) is 3.23. The van der Waals surface area contributed by atoms with Crippen LogP contribution in [0.25, 0.3) is 11.3 Å². The molecular formula is C23H24N2O4. The molecule has 0 aliphatic carbocycles. The first kappa shape index (κ1) is 19.2. The van der Waals surface area contributed by atoms with Gasteiger partial charge in [-0.05, 0) is 25.0 Å². The van der Waals surface area contributed by atoms with Crippen molar-refractivity contribution in [3.63, 3.8) is 0 Å². The summed E-state index contributed by atoms with van der Waals surface area (Å²) in [5, 5.41) is 2.90. The summed E-state index contributed by atoms with van der Waals surface area (Å²) in [4.78, 5) is 16.6. The summed E-state index contributed by atoms with van der Waals surface area (Å²) in [6.07, 6.45) is 4.70. The molecule has 1 fully saturated rings. The van der Waals surface area contributed by atoms with Crippen LogP contribution in [0.4, 0.5) is 5.69 Å². The van der Waals surface area contributed by atoms with Crippen LogP contribution < -0.4 is 10.1 Å². The van der Waals surface area contributed by atoms with Gasteiger partial charge in [0.05, 0.1) is 12.3 Å².